The van der Waals surface area contributed by atoms with Crippen molar-refractivity contribution in [2.24, 2.45) is 0 Å². The standard InChI is InChI=1S/C20H32N2O2/c1-5-15-21(16-6-2)19(23)13-11-9-10-12-14-20(24)22(17-7-3)18-8-4/h5-8H,1-4,9-18H2. The smallest absolute Gasteiger partial charge is 0.223 e. The summed E-state index contributed by atoms with van der Waals surface area (Å²) in [5.41, 5.74) is 0. The first-order chi connectivity index (χ1) is 11.6. The van der Waals surface area contributed by atoms with E-state index in [4.69, 9.17) is 0 Å². The molecule has 0 aliphatic carbocycles. The fourth-order valence-corrected chi connectivity index (χ4v) is 2.40. The first kappa shape index (κ1) is 21.9. The molecule has 24 heavy (non-hydrogen) atoms. The summed E-state index contributed by atoms with van der Waals surface area (Å²) in [6.45, 7) is 16.9. The Balaban J connectivity index is 3.92. The van der Waals surface area contributed by atoms with Gasteiger partial charge in [-0.1, -0.05) is 37.1 Å². The van der Waals surface area contributed by atoms with Crippen LogP contribution in [0.4, 0.5) is 0 Å². The molecule has 0 bridgehead atoms. The highest BCUT2D eigenvalue weighted by atomic mass is 16.2. The molecule has 0 aromatic heterocycles. The highest BCUT2D eigenvalue weighted by Crippen LogP contribution is 2.09. The van der Waals surface area contributed by atoms with E-state index in [0.717, 1.165) is 25.7 Å². The minimum absolute atomic E-state index is 0.133. The Labute approximate surface area is 147 Å². The number of nitrogens with zero attached hydrogens (tertiary/aromatic N) is 2. The second-order valence-corrected chi connectivity index (χ2v) is 5.67. The van der Waals surface area contributed by atoms with Crippen LogP contribution in [0, 0.1) is 0 Å². The van der Waals surface area contributed by atoms with Crippen LogP contribution >= 0.6 is 0 Å². The lowest BCUT2D eigenvalue weighted by atomic mass is 10.1. The maximum absolute atomic E-state index is 12.0. The SMILES string of the molecule is C=CCN(CC=C)C(=O)CCCCCCC(=O)N(CC=C)CC=C. The average Bonchev–Trinajstić information content (AvgIpc) is 2.57. The van der Waals surface area contributed by atoms with Crippen molar-refractivity contribution in [1.29, 1.82) is 0 Å². The number of amides is 2. The van der Waals surface area contributed by atoms with E-state index in [1.165, 1.54) is 0 Å². The molecule has 0 heterocycles. The molecule has 0 unspecified atom stereocenters. The molecule has 0 saturated heterocycles. The van der Waals surface area contributed by atoms with Crippen LogP contribution in [-0.2, 0) is 9.59 Å². The minimum Gasteiger partial charge on any atom is -0.335 e. The molecule has 0 aromatic rings. The van der Waals surface area contributed by atoms with Crippen LogP contribution in [0.5, 0.6) is 0 Å². The van der Waals surface area contributed by atoms with E-state index in [1.807, 2.05) is 0 Å². The quantitative estimate of drug-likeness (QED) is 0.339. The lowest BCUT2D eigenvalue weighted by Crippen LogP contribution is -2.31. The number of hydrogen-bond acceptors (Lipinski definition) is 2. The zero-order valence-electron chi connectivity index (χ0n) is 14.9. The van der Waals surface area contributed by atoms with Gasteiger partial charge in [-0.3, -0.25) is 9.59 Å². The summed E-state index contributed by atoms with van der Waals surface area (Å²) in [6, 6.07) is 0. The van der Waals surface area contributed by atoms with Crippen LogP contribution in [-0.4, -0.2) is 47.8 Å². The minimum atomic E-state index is 0.133. The number of carbonyl (C=O) groups excluding carboxylic acids is 2. The molecule has 0 aliphatic heterocycles. The van der Waals surface area contributed by atoms with Crippen molar-refractivity contribution < 1.29 is 9.59 Å². The molecule has 0 saturated carbocycles. The summed E-state index contributed by atoms with van der Waals surface area (Å²) in [6.07, 6.45) is 11.6. The Morgan fingerprint density at radius 3 is 1.12 bits per heavy atom. The largest absolute Gasteiger partial charge is 0.335 e. The summed E-state index contributed by atoms with van der Waals surface area (Å²) in [7, 11) is 0. The molecule has 0 spiro atoms. The van der Waals surface area contributed by atoms with Gasteiger partial charge in [0.2, 0.25) is 11.8 Å². The number of hydrogen-bond donors (Lipinski definition) is 0. The Hall–Kier alpha value is -2.10. The first-order valence-electron chi connectivity index (χ1n) is 8.59. The van der Waals surface area contributed by atoms with Gasteiger partial charge in [0.05, 0.1) is 0 Å². The zero-order chi connectivity index (χ0) is 18.2. The molecule has 134 valence electrons. The molecule has 0 aliphatic rings. The van der Waals surface area contributed by atoms with E-state index in [-0.39, 0.29) is 11.8 Å². The van der Waals surface area contributed by atoms with E-state index in [2.05, 4.69) is 26.3 Å². The monoisotopic (exact) mass is 332 g/mol. The van der Waals surface area contributed by atoms with Gasteiger partial charge in [0.15, 0.2) is 0 Å². The molecule has 0 rings (SSSR count). The predicted octanol–water partition coefficient (Wildman–Crippen LogP) is 3.73. The van der Waals surface area contributed by atoms with Crippen LogP contribution in [0.15, 0.2) is 50.6 Å². The van der Waals surface area contributed by atoms with Crippen LogP contribution in [0.25, 0.3) is 0 Å². The van der Waals surface area contributed by atoms with Gasteiger partial charge in [0, 0.05) is 39.0 Å². The highest BCUT2D eigenvalue weighted by molar-refractivity contribution is 5.77. The Kier molecular flexibility index (Phi) is 13.2. The maximum atomic E-state index is 12.0. The lowest BCUT2D eigenvalue weighted by molar-refractivity contribution is -0.131. The summed E-state index contributed by atoms with van der Waals surface area (Å²) in [4.78, 5) is 27.6. The van der Waals surface area contributed by atoms with Gasteiger partial charge in [-0.25, -0.2) is 0 Å². The van der Waals surface area contributed by atoms with Crippen molar-refractivity contribution in [1.82, 2.24) is 9.80 Å². The van der Waals surface area contributed by atoms with E-state index >= 15 is 0 Å². The molecule has 0 atom stereocenters. The first-order valence-corrected chi connectivity index (χ1v) is 8.59. The number of carbonyl (C=O) groups is 2. The van der Waals surface area contributed by atoms with Gasteiger partial charge in [0.1, 0.15) is 0 Å². The second kappa shape index (κ2) is 14.5. The molecular weight excluding hydrogens is 300 g/mol. The van der Waals surface area contributed by atoms with Gasteiger partial charge >= 0.3 is 0 Å². The third-order valence-corrected chi connectivity index (χ3v) is 3.63. The molecular formula is C20H32N2O2. The highest BCUT2D eigenvalue weighted by Gasteiger charge is 2.11. The van der Waals surface area contributed by atoms with E-state index in [9.17, 15) is 9.59 Å². The number of rotatable bonds is 15. The molecule has 0 fully saturated rings. The average molecular weight is 332 g/mol. The summed E-state index contributed by atoms with van der Waals surface area (Å²) >= 11 is 0. The summed E-state index contributed by atoms with van der Waals surface area (Å²) in [5.74, 6) is 0.267. The van der Waals surface area contributed by atoms with Crippen molar-refractivity contribution in [2.75, 3.05) is 26.2 Å². The van der Waals surface area contributed by atoms with Crippen molar-refractivity contribution in [3.8, 4) is 0 Å². The molecule has 4 nitrogen and oxygen atoms in total. The van der Waals surface area contributed by atoms with Crippen LogP contribution < -0.4 is 0 Å². The summed E-state index contributed by atoms with van der Waals surface area (Å²) < 4.78 is 0. The van der Waals surface area contributed by atoms with Gasteiger partial charge in [0.25, 0.3) is 0 Å². The van der Waals surface area contributed by atoms with E-state index < -0.39 is 0 Å². The maximum Gasteiger partial charge on any atom is 0.223 e. The van der Waals surface area contributed by atoms with Gasteiger partial charge < -0.3 is 9.80 Å². The second-order valence-electron chi connectivity index (χ2n) is 5.67. The summed E-state index contributed by atoms with van der Waals surface area (Å²) in [5, 5.41) is 0. The van der Waals surface area contributed by atoms with Crippen molar-refractivity contribution in [3.05, 3.63) is 50.6 Å². The zero-order valence-corrected chi connectivity index (χ0v) is 14.9. The van der Waals surface area contributed by atoms with Crippen LogP contribution in [0.3, 0.4) is 0 Å². The van der Waals surface area contributed by atoms with Gasteiger partial charge in [-0.05, 0) is 12.8 Å². The lowest BCUT2D eigenvalue weighted by Gasteiger charge is -2.19. The van der Waals surface area contributed by atoms with Crippen LogP contribution in [0.2, 0.25) is 0 Å². The molecule has 0 aromatic carbocycles. The van der Waals surface area contributed by atoms with E-state index in [0.29, 0.717) is 39.0 Å². The molecule has 0 N–H and O–H groups in total. The Morgan fingerprint density at radius 1 is 0.583 bits per heavy atom. The Bertz CT molecular complexity index is 369. The predicted molar refractivity (Wildman–Crippen MR) is 102 cm³/mol. The van der Waals surface area contributed by atoms with Gasteiger partial charge in [-0.2, -0.15) is 0 Å². The third kappa shape index (κ3) is 9.82. The normalized spacial score (nSPS) is 9.83. The third-order valence-electron chi connectivity index (χ3n) is 3.63. The van der Waals surface area contributed by atoms with Crippen LogP contribution in [0.1, 0.15) is 38.5 Å². The van der Waals surface area contributed by atoms with Crippen molar-refractivity contribution in [2.45, 2.75) is 38.5 Å². The topological polar surface area (TPSA) is 40.6 Å². The Morgan fingerprint density at radius 2 is 0.875 bits per heavy atom. The molecule has 2 amide bonds. The van der Waals surface area contributed by atoms with Crippen molar-refractivity contribution in [3.63, 3.8) is 0 Å². The molecule has 4 heteroatoms. The van der Waals surface area contributed by atoms with Gasteiger partial charge in [-0.15, -0.1) is 26.3 Å². The fourth-order valence-electron chi connectivity index (χ4n) is 2.40. The molecule has 0 radical (unpaired) electrons. The van der Waals surface area contributed by atoms with E-state index in [1.54, 1.807) is 34.1 Å². The van der Waals surface area contributed by atoms with Crippen molar-refractivity contribution >= 4 is 11.8 Å². The number of unbranched alkanes of at least 4 members (excludes halogenated alkanes) is 3. The fraction of sp³-hybridized carbons (Fsp3) is 0.500.